The molecule has 1 amide bonds. The second kappa shape index (κ2) is 7.99. The molecule has 1 aromatic rings. The number of nitrogens with one attached hydrogen (secondary N) is 1. The zero-order valence-corrected chi connectivity index (χ0v) is 15.5. The summed E-state index contributed by atoms with van der Waals surface area (Å²) in [7, 11) is 1.63. The minimum Gasteiger partial charge on any atom is -0.497 e. The van der Waals surface area contributed by atoms with Gasteiger partial charge in [0.1, 0.15) is 5.75 Å². The van der Waals surface area contributed by atoms with Crippen molar-refractivity contribution in [3.05, 3.63) is 29.8 Å². The maximum absolute atomic E-state index is 12.3. The SMILES string of the molecule is COc1cccc(CC(=O)NCC(C)(C)N2C[C@@H](C)O[C@@H](C)C2)c1. The van der Waals surface area contributed by atoms with Crippen molar-refractivity contribution in [3.63, 3.8) is 0 Å². The Morgan fingerprint density at radius 2 is 2.00 bits per heavy atom. The normalized spacial score (nSPS) is 22.2. The second-order valence-electron chi connectivity index (χ2n) is 7.28. The summed E-state index contributed by atoms with van der Waals surface area (Å²) in [6.07, 6.45) is 0.810. The molecule has 5 heteroatoms. The first-order valence-electron chi connectivity index (χ1n) is 8.60. The summed E-state index contributed by atoms with van der Waals surface area (Å²) < 4.78 is 11.0. The van der Waals surface area contributed by atoms with Gasteiger partial charge in [0.25, 0.3) is 0 Å². The van der Waals surface area contributed by atoms with E-state index in [-0.39, 0.29) is 23.7 Å². The number of rotatable bonds is 6. The molecule has 1 aromatic carbocycles. The average molecular weight is 334 g/mol. The number of carbonyl (C=O) groups excluding carboxylic acids is 1. The zero-order valence-electron chi connectivity index (χ0n) is 15.5. The van der Waals surface area contributed by atoms with Crippen molar-refractivity contribution in [1.82, 2.24) is 10.2 Å². The van der Waals surface area contributed by atoms with Crippen LogP contribution in [0.25, 0.3) is 0 Å². The highest BCUT2D eigenvalue weighted by Crippen LogP contribution is 2.20. The smallest absolute Gasteiger partial charge is 0.224 e. The van der Waals surface area contributed by atoms with Crippen LogP contribution < -0.4 is 10.1 Å². The molecule has 0 aliphatic carbocycles. The summed E-state index contributed by atoms with van der Waals surface area (Å²) in [4.78, 5) is 14.7. The topological polar surface area (TPSA) is 50.8 Å². The van der Waals surface area contributed by atoms with Crippen LogP contribution in [0.2, 0.25) is 0 Å². The van der Waals surface area contributed by atoms with E-state index in [1.807, 2.05) is 24.3 Å². The number of ether oxygens (including phenoxy) is 2. The summed E-state index contributed by atoms with van der Waals surface area (Å²) in [5.74, 6) is 0.808. The van der Waals surface area contributed by atoms with Crippen LogP contribution in [0.5, 0.6) is 5.75 Å². The molecule has 2 atom stereocenters. The van der Waals surface area contributed by atoms with E-state index in [0.29, 0.717) is 13.0 Å². The molecule has 0 saturated carbocycles. The molecule has 0 unspecified atom stereocenters. The minimum absolute atomic E-state index is 0.0330. The molecule has 0 bridgehead atoms. The van der Waals surface area contributed by atoms with E-state index >= 15 is 0 Å². The Kier molecular flexibility index (Phi) is 6.24. The Morgan fingerprint density at radius 1 is 1.33 bits per heavy atom. The fraction of sp³-hybridized carbons (Fsp3) is 0.632. The van der Waals surface area contributed by atoms with E-state index in [4.69, 9.17) is 9.47 Å². The molecule has 1 saturated heterocycles. The quantitative estimate of drug-likeness (QED) is 0.867. The minimum atomic E-state index is -0.101. The van der Waals surface area contributed by atoms with Crippen LogP contribution in [0, 0.1) is 0 Å². The summed E-state index contributed by atoms with van der Waals surface area (Å²) in [5, 5.41) is 3.07. The van der Waals surface area contributed by atoms with E-state index < -0.39 is 0 Å². The van der Waals surface area contributed by atoms with Gasteiger partial charge in [-0.2, -0.15) is 0 Å². The van der Waals surface area contributed by atoms with Crippen molar-refractivity contribution >= 4 is 5.91 Å². The lowest BCUT2D eigenvalue weighted by molar-refractivity contribution is -0.122. The molecule has 0 spiro atoms. The second-order valence-corrected chi connectivity index (χ2v) is 7.28. The number of hydrogen-bond donors (Lipinski definition) is 1. The van der Waals surface area contributed by atoms with E-state index in [9.17, 15) is 4.79 Å². The predicted molar refractivity (Wildman–Crippen MR) is 95.4 cm³/mol. The lowest BCUT2D eigenvalue weighted by Gasteiger charge is -2.45. The Balaban J connectivity index is 1.87. The Bertz CT molecular complexity index is 549. The van der Waals surface area contributed by atoms with E-state index in [2.05, 4.69) is 37.9 Å². The van der Waals surface area contributed by atoms with Crippen LogP contribution in [0.1, 0.15) is 33.3 Å². The number of carbonyl (C=O) groups is 1. The molecule has 134 valence electrons. The molecular weight excluding hydrogens is 304 g/mol. The van der Waals surface area contributed by atoms with Gasteiger partial charge in [0, 0.05) is 25.2 Å². The summed E-state index contributed by atoms with van der Waals surface area (Å²) >= 11 is 0. The summed E-state index contributed by atoms with van der Waals surface area (Å²) in [6.45, 7) is 10.9. The van der Waals surface area contributed by atoms with Crippen LogP contribution in [-0.4, -0.2) is 55.3 Å². The van der Waals surface area contributed by atoms with Crippen molar-refractivity contribution in [1.29, 1.82) is 0 Å². The number of methoxy groups -OCH3 is 1. The van der Waals surface area contributed by atoms with Gasteiger partial charge in [-0.25, -0.2) is 0 Å². The van der Waals surface area contributed by atoms with Gasteiger partial charge in [0.2, 0.25) is 5.91 Å². The van der Waals surface area contributed by atoms with Crippen LogP contribution in [-0.2, 0) is 16.0 Å². The van der Waals surface area contributed by atoms with Gasteiger partial charge in [-0.15, -0.1) is 0 Å². The largest absolute Gasteiger partial charge is 0.497 e. The van der Waals surface area contributed by atoms with Gasteiger partial charge in [-0.05, 0) is 45.4 Å². The average Bonchev–Trinajstić information content (AvgIpc) is 2.52. The standard InChI is InChI=1S/C19H30N2O3/c1-14-11-21(12-15(2)24-14)19(3,4)13-20-18(22)10-16-7-6-8-17(9-16)23-5/h6-9,14-15H,10-13H2,1-5H3,(H,20,22)/t14-,15+. The molecule has 1 heterocycles. The molecule has 24 heavy (non-hydrogen) atoms. The number of nitrogens with zero attached hydrogens (tertiary/aromatic N) is 1. The Morgan fingerprint density at radius 3 is 2.62 bits per heavy atom. The van der Waals surface area contributed by atoms with Crippen molar-refractivity contribution in [2.24, 2.45) is 0 Å². The van der Waals surface area contributed by atoms with Crippen LogP contribution in [0.15, 0.2) is 24.3 Å². The fourth-order valence-corrected chi connectivity index (χ4v) is 3.13. The number of morpholine rings is 1. The lowest BCUT2D eigenvalue weighted by Crippen LogP contribution is -2.58. The first kappa shape index (κ1) is 18.7. The van der Waals surface area contributed by atoms with Gasteiger partial charge < -0.3 is 14.8 Å². The van der Waals surface area contributed by atoms with Gasteiger partial charge in [-0.3, -0.25) is 9.69 Å². The van der Waals surface area contributed by atoms with Crippen molar-refractivity contribution in [3.8, 4) is 5.75 Å². The maximum atomic E-state index is 12.3. The van der Waals surface area contributed by atoms with Crippen LogP contribution >= 0.6 is 0 Å². The maximum Gasteiger partial charge on any atom is 0.224 e. The van der Waals surface area contributed by atoms with Crippen LogP contribution in [0.3, 0.4) is 0 Å². The third-order valence-electron chi connectivity index (χ3n) is 4.49. The van der Waals surface area contributed by atoms with Crippen molar-refractivity contribution in [2.45, 2.75) is 51.9 Å². The first-order chi connectivity index (χ1) is 11.3. The highest BCUT2D eigenvalue weighted by atomic mass is 16.5. The molecule has 1 fully saturated rings. The fourth-order valence-electron chi connectivity index (χ4n) is 3.13. The number of amides is 1. The molecule has 2 rings (SSSR count). The van der Waals surface area contributed by atoms with Gasteiger partial charge in [0.15, 0.2) is 0 Å². The third-order valence-corrected chi connectivity index (χ3v) is 4.49. The summed E-state index contributed by atoms with van der Waals surface area (Å²) in [5.41, 5.74) is 0.856. The van der Waals surface area contributed by atoms with E-state index in [0.717, 1.165) is 24.4 Å². The number of hydrogen-bond acceptors (Lipinski definition) is 4. The zero-order chi connectivity index (χ0) is 17.7. The highest BCUT2D eigenvalue weighted by molar-refractivity contribution is 5.78. The first-order valence-corrected chi connectivity index (χ1v) is 8.60. The number of benzene rings is 1. The highest BCUT2D eigenvalue weighted by Gasteiger charge is 2.33. The lowest BCUT2D eigenvalue weighted by atomic mass is 10.00. The Labute approximate surface area is 145 Å². The molecule has 1 aliphatic rings. The Hall–Kier alpha value is -1.59. The van der Waals surface area contributed by atoms with Gasteiger partial charge in [-0.1, -0.05) is 12.1 Å². The molecule has 1 N–H and O–H groups in total. The van der Waals surface area contributed by atoms with E-state index in [1.54, 1.807) is 7.11 Å². The van der Waals surface area contributed by atoms with E-state index in [1.165, 1.54) is 0 Å². The molecule has 5 nitrogen and oxygen atoms in total. The van der Waals surface area contributed by atoms with Crippen molar-refractivity contribution < 1.29 is 14.3 Å². The molecule has 0 radical (unpaired) electrons. The molecular formula is C19H30N2O3. The summed E-state index contributed by atoms with van der Waals surface area (Å²) in [6, 6.07) is 7.63. The monoisotopic (exact) mass is 334 g/mol. The molecule has 1 aliphatic heterocycles. The van der Waals surface area contributed by atoms with Crippen LogP contribution in [0.4, 0.5) is 0 Å². The third kappa shape index (κ3) is 5.21. The van der Waals surface area contributed by atoms with Crippen molar-refractivity contribution in [2.75, 3.05) is 26.7 Å². The van der Waals surface area contributed by atoms with Gasteiger partial charge in [0.05, 0.1) is 25.7 Å². The predicted octanol–water partition coefficient (Wildman–Crippen LogP) is 2.24. The van der Waals surface area contributed by atoms with Gasteiger partial charge >= 0.3 is 0 Å². The molecule has 0 aromatic heterocycles.